The molecule has 0 spiro atoms. The SMILES string of the molecule is COCCCNc1nncc(Nc2ccccc2Oc2ccccc2)n1. The van der Waals surface area contributed by atoms with E-state index in [0.717, 1.165) is 17.9 Å². The average molecular weight is 351 g/mol. The summed E-state index contributed by atoms with van der Waals surface area (Å²) in [5, 5.41) is 14.3. The first kappa shape index (κ1) is 17.6. The number of hydrogen-bond acceptors (Lipinski definition) is 7. The maximum absolute atomic E-state index is 5.95. The molecule has 0 unspecified atom stereocenters. The largest absolute Gasteiger partial charge is 0.455 e. The summed E-state index contributed by atoms with van der Waals surface area (Å²) in [6.45, 7) is 1.40. The molecule has 3 rings (SSSR count). The van der Waals surface area contributed by atoms with Crippen LogP contribution in [0.1, 0.15) is 6.42 Å². The van der Waals surface area contributed by atoms with E-state index in [1.165, 1.54) is 0 Å². The van der Waals surface area contributed by atoms with E-state index in [4.69, 9.17) is 9.47 Å². The molecule has 0 aliphatic rings. The molecule has 1 heterocycles. The summed E-state index contributed by atoms with van der Waals surface area (Å²) in [7, 11) is 1.68. The second kappa shape index (κ2) is 9.33. The quantitative estimate of drug-likeness (QED) is 0.567. The standard InChI is InChI=1S/C19H21N5O2/c1-25-13-7-12-20-19-23-18(14-21-24-19)22-16-10-5-6-11-17(16)26-15-8-3-2-4-9-15/h2-6,8-11,14H,7,12-13H2,1H3,(H2,20,22,23,24). The van der Waals surface area contributed by atoms with E-state index in [0.29, 0.717) is 30.7 Å². The summed E-state index contributed by atoms with van der Waals surface area (Å²) < 4.78 is 11.0. The first-order valence-electron chi connectivity index (χ1n) is 8.36. The van der Waals surface area contributed by atoms with Crippen LogP contribution >= 0.6 is 0 Å². The highest BCUT2D eigenvalue weighted by Crippen LogP contribution is 2.30. The first-order chi connectivity index (χ1) is 12.8. The van der Waals surface area contributed by atoms with Gasteiger partial charge in [-0.05, 0) is 30.7 Å². The van der Waals surface area contributed by atoms with Gasteiger partial charge in [-0.2, -0.15) is 10.1 Å². The molecule has 26 heavy (non-hydrogen) atoms. The Morgan fingerprint density at radius 3 is 2.65 bits per heavy atom. The van der Waals surface area contributed by atoms with Gasteiger partial charge < -0.3 is 20.1 Å². The van der Waals surface area contributed by atoms with E-state index < -0.39 is 0 Å². The van der Waals surface area contributed by atoms with Crippen LogP contribution in [0.2, 0.25) is 0 Å². The fourth-order valence-corrected chi connectivity index (χ4v) is 2.27. The second-order valence-corrected chi connectivity index (χ2v) is 5.47. The molecule has 0 aliphatic carbocycles. The van der Waals surface area contributed by atoms with Crippen molar-refractivity contribution in [2.75, 3.05) is 30.9 Å². The third-order valence-electron chi connectivity index (χ3n) is 3.49. The number of nitrogens with one attached hydrogen (secondary N) is 2. The number of benzene rings is 2. The topological polar surface area (TPSA) is 81.2 Å². The highest BCUT2D eigenvalue weighted by Gasteiger charge is 2.07. The Balaban J connectivity index is 1.69. The highest BCUT2D eigenvalue weighted by molar-refractivity contribution is 5.64. The van der Waals surface area contributed by atoms with Crippen LogP contribution in [0.15, 0.2) is 60.8 Å². The summed E-state index contributed by atoms with van der Waals surface area (Å²) in [6.07, 6.45) is 2.44. The van der Waals surface area contributed by atoms with Gasteiger partial charge in [0.1, 0.15) is 5.75 Å². The summed E-state index contributed by atoms with van der Waals surface area (Å²) in [5.74, 6) is 2.51. The molecule has 2 aromatic carbocycles. The lowest BCUT2D eigenvalue weighted by molar-refractivity contribution is 0.197. The van der Waals surface area contributed by atoms with Gasteiger partial charge in [0.25, 0.3) is 0 Å². The minimum Gasteiger partial charge on any atom is -0.455 e. The number of hydrogen-bond donors (Lipinski definition) is 2. The molecule has 7 heteroatoms. The normalized spacial score (nSPS) is 10.3. The van der Waals surface area contributed by atoms with Crippen molar-refractivity contribution in [1.29, 1.82) is 0 Å². The lowest BCUT2D eigenvalue weighted by Crippen LogP contribution is -2.09. The molecule has 3 aromatic rings. The van der Waals surface area contributed by atoms with Gasteiger partial charge in [0.2, 0.25) is 5.95 Å². The van der Waals surface area contributed by atoms with Crippen LogP contribution in [0.25, 0.3) is 0 Å². The molecule has 0 radical (unpaired) electrons. The van der Waals surface area contributed by atoms with Gasteiger partial charge in [0.05, 0.1) is 11.9 Å². The van der Waals surface area contributed by atoms with Gasteiger partial charge >= 0.3 is 0 Å². The van der Waals surface area contributed by atoms with Crippen molar-refractivity contribution in [3.63, 3.8) is 0 Å². The lowest BCUT2D eigenvalue weighted by Gasteiger charge is -2.12. The van der Waals surface area contributed by atoms with Crippen LogP contribution in [0.4, 0.5) is 17.5 Å². The van der Waals surface area contributed by atoms with E-state index in [1.807, 2.05) is 54.6 Å². The molecule has 2 N–H and O–H groups in total. The number of anilines is 3. The van der Waals surface area contributed by atoms with Gasteiger partial charge in [-0.1, -0.05) is 30.3 Å². The van der Waals surface area contributed by atoms with Crippen molar-refractivity contribution in [3.05, 3.63) is 60.8 Å². The Morgan fingerprint density at radius 2 is 1.81 bits per heavy atom. The van der Waals surface area contributed by atoms with E-state index in [1.54, 1.807) is 13.3 Å². The van der Waals surface area contributed by atoms with Crippen molar-refractivity contribution in [2.45, 2.75) is 6.42 Å². The molecular formula is C19H21N5O2. The zero-order chi connectivity index (χ0) is 18.0. The van der Waals surface area contributed by atoms with E-state index >= 15 is 0 Å². The Kier molecular flexibility index (Phi) is 6.33. The van der Waals surface area contributed by atoms with Crippen LogP contribution in [0, 0.1) is 0 Å². The number of ether oxygens (including phenoxy) is 2. The van der Waals surface area contributed by atoms with Crippen molar-refractivity contribution in [1.82, 2.24) is 15.2 Å². The van der Waals surface area contributed by atoms with E-state index in [9.17, 15) is 0 Å². The lowest BCUT2D eigenvalue weighted by atomic mass is 10.3. The zero-order valence-corrected chi connectivity index (χ0v) is 14.6. The molecule has 134 valence electrons. The van der Waals surface area contributed by atoms with Gasteiger partial charge in [0, 0.05) is 20.3 Å². The molecule has 0 saturated carbocycles. The Hall–Kier alpha value is -3.19. The van der Waals surface area contributed by atoms with Crippen molar-refractivity contribution in [2.24, 2.45) is 0 Å². The second-order valence-electron chi connectivity index (χ2n) is 5.47. The fourth-order valence-electron chi connectivity index (χ4n) is 2.27. The minimum atomic E-state index is 0.465. The molecule has 0 fully saturated rings. The monoisotopic (exact) mass is 351 g/mol. The number of methoxy groups -OCH3 is 1. The fraction of sp³-hybridized carbons (Fsp3) is 0.211. The Morgan fingerprint density at radius 1 is 1.00 bits per heavy atom. The van der Waals surface area contributed by atoms with Crippen LogP contribution in [0.5, 0.6) is 11.5 Å². The van der Waals surface area contributed by atoms with Gasteiger partial charge in [-0.25, -0.2) is 0 Å². The molecule has 7 nitrogen and oxygen atoms in total. The predicted molar refractivity (Wildman–Crippen MR) is 101 cm³/mol. The van der Waals surface area contributed by atoms with Gasteiger partial charge in [-0.3, -0.25) is 0 Å². The molecule has 0 aliphatic heterocycles. The number of nitrogens with zero attached hydrogens (tertiary/aromatic N) is 3. The van der Waals surface area contributed by atoms with Crippen LogP contribution in [0.3, 0.4) is 0 Å². The maximum atomic E-state index is 5.95. The average Bonchev–Trinajstić information content (AvgIpc) is 2.68. The van der Waals surface area contributed by atoms with Gasteiger partial charge in [-0.15, -0.1) is 5.10 Å². The first-order valence-corrected chi connectivity index (χ1v) is 8.36. The molecule has 0 atom stereocenters. The van der Waals surface area contributed by atoms with E-state index in [2.05, 4.69) is 25.8 Å². The van der Waals surface area contributed by atoms with E-state index in [-0.39, 0.29) is 0 Å². The van der Waals surface area contributed by atoms with Crippen molar-refractivity contribution >= 4 is 17.5 Å². The summed E-state index contributed by atoms with van der Waals surface area (Å²) >= 11 is 0. The van der Waals surface area contributed by atoms with Crippen molar-refractivity contribution in [3.8, 4) is 11.5 Å². The maximum Gasteiger partial charge on any atom is 0.244 e. The molecule has 0 bridgehead atoms. The zero-order valence-electron chi connectivity index (χ0n) is 14.6. The molecular weight excluding hydrogens is 330 g/mol. The number of para-hydroxylation sites is 3. The molecule has 1 aromatic heterocycles. The molecule has 0 amide bonds. The summed E-state index contributed by atoms with van der Waals surface area (Å²) in [6, 6.07) is 17.3. The van der Waals surface area contributed by atoms with Gasteiger partial charge in [0.15, 0.2) is 11.6 Å². The Bertz CT molecular complexity index is 814. The number of aromatic nitrogens is 3. The number of rotatable bonds is 9. The van der Waals surface area contributed by atoms with Crippen LogP contribution in [-0.4, -0.2) is 35.4 Å². The molecule has 0 saturated heterocycles. The third-order valence-corrected chi connectivity index (χ3v) is 3.49. The summed E-state index contributed by atoms with van der Waals surface area (Å²) in [5.41, 5.74) is 0.794. The predicted octanol–water partition coefficient (Wildman–Crippen LogP) is 3.86. The Labute approximate surface area is 152 Å². The van der Waals surface area contributed by atoms with Crippen LogP contribution in [-0.2, 0) is 4.74 Å². The third kappa shape index (κ3) is 5.15. The van der Waals surface area contributed by atoms with Crippen LogP contribution < -0.4 is 15.4 Å². The smallest absolute Gasteiger partial charge is 0.244 e. The highest BCUT2D eigenvalue weighted by atomic mass is 16.5. The van der Waals surface area contributed by atoms with Crippen molar-refractivity contribution < 1.29 is 9.47 Å². The minimum absolute atomic E-state index is 0.465. The summed E-state index contributed by atoms with van der Waals surface area (Å²) in [4.78, 5) is 4.42.